The van der Waals surface area contributed by atoms with Crippen LogP contribution in [0.3, 0.4) is 0 Å². The molecule has 1 saturated heterocycles. The third-order valence-electron chi connectivity index (χ3n) is 7.28. The smallest absolute Gasteiger partial charge is 0.463 e. The van der Waals surface area contributed by atoms with Crippen molar-refractivity contribution in [3.63, 3.8) is 0 Å². The fourth-order valence-corrected chi connectivity index (χ4v) is 5.33. The van der Waals surface area contributed by atoms with Crippen LogP contribution in [0.4, 0.5) is 10.6 Å². The number of amides is 1. The van der Waals surface area contributed by atoms with E-state index in [1.807, 2.05) is 19.9 Å². The number of fused-ring (bicyclic) bond motifs is 1. The van der Waals surface area contributed by atoms with Gasteiger partial charge in [0.2, 0.25) is 0 Å². The Kier molecular flexibility index (Phi) is 8.30. The molecule has 0 aromatic carbocycles. The van der Waals surface area contributed by atoms with Crippen molar-refractivity contribution in [2.75, 3.05) is 11.9 Å². The lowest BCUT2D eigenvalue weighted by Gasteiger charge is -2.21. The Hall–Kier alpha value is -3.67. The van der Waals surface area contributed by atoms with Crippen LogP contribution in [0.2, 0.25) is 0 Å². The molecule has 0 radical (unpaired) electrons. The summed E-state index contributed by atoms with van der Waals surface area (Å²) in [5.74, 6) is 0.102. The molecule has 2 aliphatic rings. The molecular formula is C27H34N4O8. The van der Waals surface area contributed by atoms with Crippen LogP contribution in [0, 0.1) is 5.92 Å². The minimum atomic E-state index is -0.843. The van der Waals surface area contributed by atoms with Crippen molar-refractivity contribution in [2.45, 2.75) is 89.9 Å². The Morgan fingerprint density at radius 3 is 2.72 bits per heavy atom. The second-order valence-corrected chi connectivity index (χ2v) is 10.5. The molecule has 0 spiro atoms. The topological polar surface area (TPSA) is 147 Å². The highest BCUT2D eigenvalue weighted by Crippen LogP contribution is 2.34. The highest BCUT2D eigenvalue weighted by atomic mass is 16.6. The van der Waals surface area contributed by atoms with Gasteiger partial charge >= 0.3 is 17.9 Å². The van der Waals surface area contributed by atoms with E-state index >= 15 is 0 Å². The lowest BCUT2D eigenvalue weighted by Crippen LogP contribution is -2.21. The number of aromatic nitrogens is 3. The van der Waals surface area contributed by atoms with Crippen LogP contribution >= 0.6 is 0 Å². The van der Waals surface area contributed by atoms with Gasteiger partial charge in [-0.1, -0.05) is 33.1 Å². The number of esters is 1. The van der Waals surface area contributed by atoms with Gasteiger partial charge in [-0.2, -0.15) is 5.10 Å². The van der Waals surface area contributed by atoms with Gasteiger partial charge in [0, 0.05) is 12.3 Å². The fourth-order valence-electron chi connectivity index (χ4n) is 5.33. The van der Waals surface area contributed by atoms with Crippen LogP contribution in [-0.2, 0) is 25.6 Å². The monoisotopic (exact) mass is 542 g/mol. The van der Waals surface area contributed by atoms with Gasteiger partial charge in [0.15, 0.2) is 23.9 Å². The molecule has 2 atom stereocenters. The zero-order valence-corrected chi connectivity index (χ0v) is 22.2. The van der Waals surface area contributed by atoms with E-state index in [0.717, 1.165) is 31.4 Å². The SMILES string of the molecule is CC(C)c1oc(=O)oc1COC(=O)Nc1ncnn2c([C@H]3CC[C@@H](COC(=O)CC4CCCCC4)O3)ccc12. The van der Waals surface area contributed by atoms with Crippen LogP contribution in [0.25, 0.3) is 5.52 Å². The molecule has 1 aliphatic heterocycles. The van der Waals surface area contributed by atoms with Crippen LogP contribution < -0.4 is 11.1 Å². The molecule has 12 heteroatoms. The van der Waals surface area contributed by atoms with E-state index in [2.05, 4.69) is 15.4 Å². The normalized spacial score (nSPS) is 20.0. The Balaban J connectivity index is 1.15. The Labute approximate surface area is 225 Å². The minimum Gasteiger partial charge on any atom is -0.463 e. The molecule has 4 heterocycles. The number of ether oxygens (including phenoxy) is 3. The first-order valence-corrected chi connectivity index (χ1v) is 13.6. The molecule has 2 fully saturated rings. The van der Waals surface area contributed by atoms with Gasteiger partial charge in [0.1, 0.15) is 24.6 Å². The van der Waals surface area contributed by atoms with Crippen molar-refractivity contribution < 1.29 is 32.6 Å². The first kappa shape index (κ1) is 26.9. The van der Waals surface area contributed by atoms with Gasteiger partial charge in [-0.05, 0) is 43.7 Å². The highest BCUT2D eigenvalue weighted by molar-refractivity contribution is 5.88. The molecule has 1 amide bonds. The highest BCUT2D eigenvalue weighted by Gasteiger charge is 2.30. The van der Waals surface area contributed by atoms with Crippen molar-refractivity contribution >= 4 is 23.4 Å². The molecule has 0 bridgehead atoms. The van der Waals surface area contributed by atoms with Gasteiger partial charge in [0.25, 0.3) is 0 Å². The van der Waals surface area contributed by atoms with E-state index < -0.39 is 11.9 Å². The van der Waals surface area contributed by atoms with E-state index in [0.29, 0.717) is 23.6 Å². The Morgan fingerprint density at radius 2 is 1.92 bits per heavy atom. The number of nitrogens with zero attached hydrogens (tertiary/aromatic N) is 3. The molecule has 12 nitrogen and oxygen atoms in total. The van der Waals surface area contributed by atoms with Crippen molar-refractivity contribution in [3.05, 3.63) is 46.3 Å². The summed E-state index contributed by atoms with van der Waals surface area (Å²) in [6.45, 7) is 3.65. The fraction of sp³-hybridized carbons (Fsp3) is 0.593. The van der Waals surface area contributed by atoms with E-state index in [-0.39, 0.29) is 48.9 Å². The summed E-state index contributed by atoms with van der Waals surface area (Å²) in [7, 11) is 0. The first-order valence-electron chi connectivity index (χ1n) is 13.6. The number of nitrogens with one attached hydrogen (secondary N) is 1. The van der Waals surface area contributed by atoms with Crippen LogP contribution in [0.15, 0.2) is 32.1 Å². The third kappa shape index (κ3) is 6.49. The summed E-state index contributed by atoms with van der Waals surface area (Å²) in [5, 5.41) is 6.94. The van der Waals surface area contributed by atoms with E-state index in [1.54, 1.807) is 10.6 Å². The van der Waals surface area contributed by atoms with Crippen LogP contribution in [-0.4, -0.2) is 39.4 Å². The summed E-state index contributed by atoms with van der Waals surface area (Å²) in [5.41, 5.74) is 1.37. The molecule has 1 saturated carbocycles. The number of carbonyl (C=O) groups is 2. The van der Waals surface area contributed by atoms with Crippen molar-refractivity contribution in [3.8, 4) is 0 Å². The number of rotatable bonds is 9. The zero-order valence-electron chi connectivity index (χ0n) is 22.2. The van der Waals surface area contributed by atoms with Gasteiger partial charge in [0.05, 0.1) is 11.8 Å². The maximum atomic E-state index is 12.5. The van der Waals surface area contributed by atoms with Gasteiger partial charge in [-0.3, -0.25) is 10.1 Å². The van der Waals surface area contributed by atoms with Gasteiger partial charge in [-0.15, -0.1) is 0 Å². The second kappa shape index (κ2) is 12.0. The van der Waals surface area contributed by atoms with Gasteiger partial charge in [-0.25, -0.2) is 19.1 Å². The average Bonchev–Trinajstić information content (AvgIpc) is 3.65. The van der Waals surface area contributed by atoms with Crippen molar-refractivity contribution in [2.24, 2.45) is 5.92 Å². The lowest BCUT2D eigenvalue weighted by atomic mass is 9.87. The minimum absolute atomic E-state index is 0.107. The summed E-state index contributed by atoms with van der Waals surface area (Å²) < 4.78 is 28.6. The molecule has 210 valence electrons. The summed E-state index contributed by atoms with van der Waals surface area (Å²) in [4.78, 5) is 40.3. The van der Waals surface area contributed by atoms with Crippen LogP contribution in [0.1, 0.15) is 94.5 Å². The van der Waals surface area contributed by atoms with E-state index in [9.17, 15) is 14.4 Å². The summed E-state index contributed by atoms with van der Waals surface area (Å²) >= 11 is 0. The predicted octanol–water partition coefficient (Wildman–Crippen LogP) is 4.88. The molecule has 3 aromatic rings. The number of hydrogen-bond donors (Lipinski definition) is 1. The molecule has 3 aromatic heterocycles. The number of carbonyl (C=O) groups excluding carboxylic acids is 2. The maximum Gasteiger partial charge on any atom is 0.519 e. The second-order valence-electron chi connectivity index (χ2n) is 10.5. The third-order valence-corrected chi connectivity index (χ3v) is 7.28. The summed E-state index contributed by atoms with van der Waals surface area (Å²) in [6.07, 6.45) is 8.02. The largest absolute Gasteiger partial charge is 0.519 e. The Morgan fingerprint density at radius 1 is 1.10 bits per heavy atom. The number of anilines is 1. The Bertz CT molecular complexity index is 1350. The van der Waals surface area contributed by atoms with Gasteiger partial charge < -0.3 is 23.0 Å². The van der Waals surface area contributed by atoms with Crippen molar-refractivity contribution in [1.29, 1.82) is 0 Å². The standard InChI is InChI=1S/C27H34N4O8/c1-16(2)24-22(38-27(34)39-24)14-36-26(33)30-25-20-10-9-19(31(20)29-15-28-25)21-11-8-18(37-21)13-35-23(32)12-17-6-4-3-5-7-17/h9-10,15-18,21H,3-8,11-14H2,1-2H3,(H,28,29,30,33)/t18-,21+/m0/s1. The first-order chi connectivity index (χ1) is 18.9. The molecule has 1 N–H and O–H groups in total. The van der Waals surface area contributed by atoms with Crippen molar-refractivity contribution in [1.82, 2.24) is 14.6 Å². The van der Waals surface area contributed by atoms with E-state index in [4.69, 9.17) is 23.0 Å². The molecule has 39 heavy (non-hydrogen) atoms. The summed E-state index contributed by atoms with van der Waals surface area (Å²) in [6, 6.07) is 3.66. The van der Waals surface area contributed by atoms with Crippen LogP contribution in [0.5, 0.6) is 0 Å². The molecule has 1 aliphatic carbocycles. The number of hydrogen-bond acceptors (Lipinski definition) is 10. The quantitative estimate of drug-likeness (QED) is 0.371. The molecular weight excluding hydrogens is 508 g/mol. The molecule has 5 rings (SSSR count). The maximum absolute atomic E-state index is 12.5. The molecule has 0 unspecified atom stereocenters. The lowest BCUT2D eigenvalue weighted by molar-refractivity contribution is -0.149. The van der Waals surface area contributed by atoms with E-state index in [1.165, 1.54) is 25.6 Å². The zero-order chi connectivity index (χ0) is 27.4. The predicted molar refractivity (Wildman–Crippen MR) is 137 cm³/mol. The average molecular weight is 543 g/mol.